The first kappa shape index (κ1) is 14.0. The van der Waals surface area contributed by atoms with E-state index in [9.17, 15) is 4.79 Å². The van der Waals surface area contributed by atoms with E-state index < -0.39 is 0 Å². The molecule has 0 amide bonds. The van der Waals surface area contributed by atoms with E-state index in [0.29, 0.717) is 11.8 Å². The van der Waals surface area contributed by atoms with Gasteiger partial charge in [0.05, 0.1) is 0 Å². The Bertz CT molecular complexity index is 270. The van der Waals surface area contributed by atoms with E-state index in [4.69, 9.17) is 4.74 Å². The molecule has 0 aromatic heterocycles. The second-order valence-electron chi connectivity index (χ2n) is 4.82. The first-order valence-corrected chi connectivity index (χ1v) is 6.68. The fourth-order valence-electron chi connectivity index (χ4n) is 2.73. The maximum atomic E-state index is 11.3. The van der Waals surface area contributed by atoms with E-state index in [1.54, 1.807) is 0 Å². The number of rotatable bonds is 6. The maximum absolute atomic E-state index is 11.3. The van der Waals surface area contributed by atoms with Crippen LogP contribution in [0, 0.1) is 11.8 Å². The van der Waals surface area contributed by atoms with Gasteiger partial charge in [0.15, 0.2) is 0 Å². The standard InChI is InChI=1S/C15H24O2/c1-4-7-10-13-12(5-2)9-8-11-14(13)17-15(16)6-3/h5-6,12-14H,2-4,7-11H2,1H3. The lowest BCUT2D eigenvalue weighted by molar-refractivity contribution is -0.148. The number of carbonyl (C=O) groups is 1. The summed E-state index contributed by atoms with van der Waals surface area (Å²) in [6.07, 6.45) is 10.1. The first-order valence-electron chi connectivity index (χ1n) is 6.68. The Morgan fingerprint density at radius 2 is 2.18 bits per heavy atom. The molecule has 0 spiro atoms. The van der Waals surface area contributed by atoms with Crippen LogP contribution in [-0.2, 0) is 9.53 Å². The van der Waals surface area contributed by atoms with Crippen LogP contribution in [0.25, 0.3) is 0 Å². The van der Waals surface area contributed by atoms with E-state index in [-0.39, 0.29) is 12.1 Å². The predicted octanol–water partition coefficient (Wildman–Crippen LogP) is 3.88. The molecule has 0 radical (unpaired) electrons. The van der Waals surface area contributed by atoms with Crippen molar-refractivity contribution in [3.05, 3.63) is 25.3 Å². The molecule has 96 valence electrons. The van der Waals surface area contributed by atoms with Gasteiger partial charge in [-0.2, -0.15) is 0 Å². The first-order chi connectivity index (χ1) is 8.22. The number of esters is 1. The van der Waals surface area contributed by atoms with E-state index in [2.05, 4.69) is 20.1 Å². The Balaban J connectivity index is 2.65. The third-order valence-electron chi connectivity index (χ3n) is 3.68. The van der Waals surface area contributed by atoms with Crippen molar-refractivity contribution < 1.29 is 9.53 Å². The molecule has 0 saturated heterocycles. The van der Waals surface area contributed by atoms with E-state index in [1.807, 2.05) is 6.08 Å². The van der Waals surface area contributed by atoms with Gasteiger partial charge in [0, 0.05) is 12.0 Å². The molecule has 17 heavy (non-hydrogen) atoms. The molecule has 0 N–H and O–H groups in total. The number of carbonyl (C=O) groups excluding carboxylic acids is 1. The summed E-state index contributed by atoms with van der Waals surface area (Å²) < 4.78 is 5.48. The van der Waals surface area contributed by atoms with Crippen molar-refractivity contribution in [3.63, 3.8) is 0 Å². The quantitative estimate of drug-likeness (QED) is 0.397. The smallest absolute Gasteiger partial charge is 0.330 e. The van der Waals surface area contributed by atoms with Gasteiger partial charge in [-0.3, -0.25) is 0 Å². The summed E-state index contributed by atoms with van der Waals surface area (Å²) in [5, 5.41) is 0. The SMILES string of the molecule is C=CC(=O)OC1CCCC(C=C)C1CCCC. The molecule has 2 nitrogen and oxygen atoms in total. The summed E-state index contributed by atoms with van der Waals surface area (Å²) in [5.41, 5.74) is 0. The zero-order chi connectivity index (χ0) is 12.7. The van der Waals surface area contributed by atoms with Crippen molar-refractivity contribution in [3.8, 4) is 0 Å². The number of allylic oxidation sites excluding steroid dienone is 1. The fourth-order valence-corrected chi connectivity index (χ4v) is 2.73. The highest BCUT2D eigenvalue weighted by Crippen LogP contribution is 2.36. The molecule has 1 saturated carbocycles. The van der Waals surface area contributed by atoms with Crippen molar-refractivity contribution in [2.24, 2.45) is 11.8 Å². The molecule has 3 unspecified atom stereocenters. The molecule has 0 heterocycles. The minimum atomic E-state index is -0.291. The second-order valence-corrected chi connectivity index (χ2v) is 4.82. The predicted molar refractivity (Wildman–Crippen MR) is 70.6 cm³/mol. The Labute approximate surface area is 105 Å². The minimum Gasteiger partial charge on any atom is -0.459 e. The molecule has 1 rings (SSSR count). The molecule has 1 aliphatic carbocycles. The molecule has 1 fully saturated rings. The van der Waals surface area contributed by atoms with Gasteiger partial charge in [0.1, 0.15) is 6.10 Å². The Morgan fingerprint density at radius 1 is 1.41 bits per heavy atom. The molecule has 0 aromatic rings. The van der Waals surface area contributed by atoms with Crippen molar-refractivity contribution in [2.45, 2.75) is 51.6 Å². The largest absolute Gasteiger partial charge is 0.459 e. The van der Waals surface area contributed by atoms with Crippen LogP contribution in [0.15, 0.2) is 25.3 Å². The number of hydrogen-bond acceptors (Lipinski definition) is 2. The second kappa shape index (κ2) is 7.31. The summed E-state index contributed by atoms with van der Waals surface area (Å²) in [4.78, 5) is 11.3. The summed E-state index contributed by atoms with van der Waals surface area (Å²) in [7, 11) is 0. The lowest BCUT2D eigenvalue weighted by atomic mass is 9.75. The van der Waals surface area contributed by atoms with Crippen LogP contribution in [-0.4, -0.2) is 12.1 Å². The molecule has 2 heteroatoms. The van der Waals surface area contributed by atoms with Crippen molar-refractivity contribution in [1.29, 1.82) is 0 Å². The monoisotopic (exact) mass is 236 g/mol. The van der Waals surface area contributed by atoms with Gasteiger partial charge < -0.3 is 4.74 Å². The molecule has 0 bridgehead atoms. The van der Waals surface area contributed by atoms with E-state index in [0.717, 1.165) is 19.3 Å². The van der Waals surface area contributed by atoms with Crippen LogP contribution in [0.3, 0.4) is 0 Å². The van der Waals surface area contributed by atoms with Gasteiger partial charge in [0.25, 0.3) is 0 Å². The molecule has 3 atom stereocenters. The number of hydrogen-bond donors (Lipinski definition) is 0. The van der Waals surface area contributed by atoms with Crippen LogP contribution in [0.5, 0.6) is 0 Å². The van der Waals surface area contributed by atoms with E-state index >= 15 is 0 Å². The highest BCUT2D eigenvalue weighted by Gasteiger charge is 2.33. The molecule has 0 aromatic carbocycles. The van der Waals surface area contributed by atoms with Crippen molar-refractivity contribution in [2.75, 3.05) is 0 Å². The van der Waals surface area contributed by atoms with Crippen LogP contribution in [0.2, 0.25) is 0 Å². The minimum absolute atomic E-state index is 0.0591. The van der Waals surface area contributed by atoms with Crippen LogP contribution >= 0.6 is 0 Å². The average Bonchev–Trinajstić information content (AvgIpc) is 2.36. The average molecular weight is 236 g/mol. The van der Waals surface area contributed by atoms with Gasteiger partial charge >= 0.3 is 5.97 Å². The summed E-state index contributed by atoms with van der Waals surface area (Å²) >= 11 is 0. The topological polar surface area (TPSA) is 26.3 Å². The van der Waals surface area contributed by atoms with Gasteiger partial charge in [-0.15, -0.1) is 6.58 Å². The number of ether oxygens (including phenoxy) is 1. The lowest BCUT2D eigenvalue weighted by Crippen LogP contribution is -2.35. The summed E-state index contributed by atoms with van der Waals surface area (Å²) in [6.45, 7) is 9.56. The Kier molecular flexibility index (Phi) is 6.03. The van der Waals surface area contributed by atoms with Gasteiger partial charge in [0.2, 0.25) is 0 Å². The molecule has 1 aliphatic rings. The van der Waals surface area contributed by atoms with Crippen LogP contribution < -0.4 is 0 Å². The lowest BCUT2D eigenvalue weighted by Gasteiger charge is -2.36. The zero-order valence-corrected chi connectivity index (χ0v) is 10.9. The normalized spacial score (nSPS) is 28.4. The van der Waals surface area contributed by atoms with Crippen LogP contribution in [0.1, 0.15) is 45.4 Å². The fraction of sp³-hybridized carbons (Fsp3) is 0.667. The third kappa shape index (κ3) is 4.03. The Hall–Kier alpha value is -1.05. The highest BCUT2D eigenvalue weighted by molar-refractivity contribution is 5.81. The van der Waals surface area contributed by atoms with Crippen molar-refractivity contribution >= 4 is 5.97 Å². The van der Waals surface area contributed by atoms with Gasteiger partial charge in [-0.1, -0.05) is 32.4 Å². The zero-order valence-electron chi connectivity index (χ0n) is 10.9. The Morgan fingerprint density at radius 3 is 2.76 bits per heavy atom. The third-order valence-corrected chi connectivity index (χ3v) is 3.68. The maximum Gasteiger partial charge on any atom is 0.330 e. The van der Waals surface area contributed by atoms with Crippen LogP contribution in [0.4, 0.5) is 0 Å². The van der Waals surface area contributed by atoms with E-state index in [1.165, 1.54) is 25.3 Å². The van der Waals surface area contributed by atoms with Gasteiger partial charge in [-0.25, -0.2) is 4.79 Å². The molecule has 0 aliphatic heterocycles. The molecular formula is C15H24O2. The van der Waals surface area contributed by atoms with Gasteiger partial charge in [-0.05, 0) is 31.6 Å². The van der Waals surface area contributed by atoms with Crippen molar-refractivity contribution in [1.82, 2.24) is 0 Å². The highest BCUT2D eigenvalue weighted by atomic mass is 16.5. The summed E-state index contributed by atoms with van der Waals surface area (Å²) in [5.74, 6) is 0.657. The summed E-state index contributed by atoms with van der Waals surface area (Å²) in [6, 6.07) is 0. The molecular weight excluding hydrogens is 212 g/mol. The number of unbranched alkanes of at least 4 members (excludes halogenated alkanes) is 1.